The molecule has 1 aromatic rings. The first-order valence-corrected chi connectivity index (χ1v) is 6.45. The number of aryl methyl sites for hydroxylation is 2. The van der Waals surface area contributed by atoms with E-state index in [1.165, 1.54) is 16.7 Å². The van der Waals surface area contributed by atoms with E-state index < -0.39 is 5.60 Å². The first-order valence-electron chi connectivity index (χ1n) is 6.45. The maximum atomic E-state index is 10.6. The molecule has 1 fully saturated rings. The van der Waals surface area contributed by atoms with Gasteiger partial charge in [-0.2, -0.15) is 0 Å². The Kier molecular flexibility index (Phi) is 3.85. The van der Waals surface area contributed by atoms with E-state index in [0.29, 0.717) is 6.61 Å². The number of hydrogen-bond acceptors (Lipinski definition) is 2. The van der Waals surface area contributed by atoms with Crippen molar-refractivity contribution in [2.24, 2.45) is 0 Å². The molecule has 0 radical (unpaired) electrons. The van der Waals surface area contributed by atoms with Crippen molar-refractivity contribution in [1.82, 2.24) is 0 Å². The zero-order chi connectivity index (χ0) is 12.3. The summed E-state index contributed by atoms with van der Waals surface area (Å²) in [6, 6.07) is 6.46. The zero-order valence-electron chi connectivity index (χ0n) is 10.8. The van der Waals surface area contributed by atoms with E-state index >= 15 is 0 Å². The second-order valence-corrected chi connectivity index (χ2v) is 5.29. The summed E-state index contributed by atoms with van der Waals surface area (Å²) in [7, 11) is 0. The van der Waals surface area contributed by atoms with E-state index in [1.807, 2.05) is 0 Å². The molecule has 1 aromatic carbocycles. The van der Waals surface area contributed by atoms with Gasteiger partial charge in [0.25, 0.3) is 0 Å². The van der Waals surface area contributed by atoms with Crippen LogP contribution in [0.5, 0.6) is 0 Å². The molecule has 0 spiro atoms. The second kappa shape index (κ2) is 5.19. The number of hydrogen-bond donors (Lipinski definition) is 1. The van der Waals surface area contributed by atoms with Crippen LogP contribution in [-0.4, -0.2) is 23.9 Å². The summed E-state index contributed by atoms with van der Waals surface area (Å²) in [5.41, 5.74) is 3.27. The van der Waals surface area contributed by atoms with Gasteiger partial charge in [-0.05, 0) is 49.8 Å². The van der Waals surface area contributed by atoms with Gasteiger partial charge in [0, 0.05) is 19.6 Å². The van der Waals surface area contributed by atoms with Crippen molar-refractivity contribution in [3.8, 4) is 0 Å². The summed E-state index contributed by atoms with van der Waals surface area (Å²) in [5, 5.41) is 10.6. The van der Waals surface area contributed by atoms with Gasteiger partial charge in [-0.25, -0.2) is 0 Å². The van der Waals surface area contributed by atoms with Crippen LogP contribution in [0.25, 0.3) is 0 Å². The minimum absolute atomic E-state index is 0.571. The molecule has 1 heterocycles. The van der Waals surface area contributed by atoms with Crippen molar-refractivity contribution < 1.29 is 9.84 Å². The first-order chi connectivity index (χ1) is 8.09. The van der Waals surface area contributed by atoms with Gasteiger partial charge in [-0.1, -0.05) is 18.2 Å². The molecule has 0 aromatic heterocycles. The fourth-order valence-electron chi connectivity index (χ4n) is 2.46. The molecule has 0 amide bonds. The topological polar surface area (TPSA) is 29.5 Å². The van der Waals surface area contributed by atoms with Crippen LogP contribution in [0, 0.1) is 13.8 Å². The van der Waals surface area contributed by atoms with Crippen molar-refractivity contribution in [2.75, 3.05) is 13.2 Å². The highest BCUT2D eigenvalue weighted by atomic mass is 16.5. The average molecular weight is 234 g/mol. The Morgan fingerprint density at radius 3 is 2.76 bits per heavy atom. The maximum Gasteiger partial charge on any atom is 0.0710 e. The van der Waals surface area contributed by atoms with Gasteiger partial charge in [-0.15, -0.1) is 0 Å². The Morgan fingerprint density at radius 1 is 1.18 bits per heavy atom. The Balaban J connectivity index is 2.10. The van der Waals surface area contributed by atoms with Crippen molar-refractivity contribution in [3.63, 3.8) is 0 Å². The lowest BCUT2D eigenvalue weighted by Gasteiger charge is -2.26. The van der Waals surface area contributed by atoms with Gasteiger partial charge in [0.1, 0.15) is 0 Å². The SMILES string of the molecule is Cc1ccc(CC2(O)CCCOCC2)cc1C. The molecule has 1 aliphatic heterocycles. The summed E-state index contributed by atoms with van der Waals surface area (Å²) in [5.74, 6) is 0. The number of rotatable bonds is 2. The molecule has 94 valence electrons. The summed E-state index contributed by atoms with van der Waals surface area (Å²) < 4.78 is 5.41. The highest BCUT2D eigenvalue weighted by Crippen LogP contribution is 2.26. The van der Waals surface area contributed by atoms with Crippen LogP contribution in [0.15, 0.2) is 18.2 Å². The predicted molar refractivity (Wildman–Crippen MR) is 69.2 cm³/mol. The normalized spacial score (nSPS) is 25.6. The number of aliphatic hydroxyl groups is 1. The molecule has 0 bridgehead atoms. The largest absolute Gasteiger partial charge is 0.389 e. The summed E-state index contributed by atoms with van der Waals surface area (Å²) >= 11 is 0. The van der Waals surface area contributed by atoms with E-state index in [-0.39, 0.29) is 0 Å². The van der Waals surface area contributed by atoms with Gasteiger partial charge in [-0.3, -0.25) is 0 Å². The molecule has 0 aliphatic carbocycles. The summed E-state index contributed by atoms with van der Waals surface area (Å²) in [4.78, 5) is 0. The summed E-state index contributed by atoms with van der Waals surface area (Å²) in [6.45, 7) is 5.71. The smallest absolute Gasteiger partial charge is 0.0710 e. The lowest BCUT2D eigenvalue weighted by atomic mass is 9.87. The Hall–Kier alpha value is -0.860. The third kappa shape index (κ3) is 3.30. The highest BCUT2D eigenvalue weighted by Gasteiger charge is 2.28. The van der Waals surface area contributed by atoms with E-state index in [1.54, 1.807) is 0 Å². The van der Waals surface area contributed by atoms with Crippen LogP contribution in [0.2, 0.25) is 0 Å². The molecule has 1 saturated heterocycles. The van der Waals surface area contributed by atoms with Gasteiger partial charge >= 0.3 is 0 Å². The fraction of sp³-hybridized carbons (Fsp3) is 0.600. The fourth-order valence-corrected chi connectivity index (χ4v) is 2.46. The lowest BCUT2D eigenvalue weighted by Crippen LogP contribution is -2.31. The molecule has 1 atom stereocenters. The van der Waals surface area contributed by atoms with Crippen LogP contribution in [0.1, 0.15) is 36.0 Å². The van der Waals surface area contributed by atoms with Gasteiger partial charge < -0.3 is 9.84 Å². The maximum absolute atomic E-state index is 10.6. The molecule has 1 N–H and O–H groups in total. The summed E-state index contributed by atoms with van der Waals surface area (Å²) in [6.07, 6.45) is 3.30. The van der Waals surface area contributed by atoms with Crippen molar-refractivity contribution in [3.05, 3.63) is 34.9 Å². The average Bonchev–Trinajstić information content (AvgIpc) is 2.49. The standard InChI is InChI=1S/C15H22O2/c1-12-4-5-14(10-13(12)2)11-15(16)6-3-8-17-9-7-15/h4-5,10,16H,3,6-9,11H2,1-2H3. The van der Waals surface area contributed by atoms with Crippen LogP contribution in [-0.2, 0) is 11.2 Å². The van der Waals surface area contributed by atoms with Crippen LogP contribution in [0.4, 0.5) is 0 Å². The van der Waals surface area contributed by atoms with Gasteiger partial charge in [0.2, 0.25) is 0 Å². The molecular formula is C15H22O2. The van der Waals surface area contributed by atoms with Crippen LogP contribution in [0.3, 0.4) is 0 Å². The monoisotopic (exact) mass is 234 g/mol. The number of ether oxygens (including phenoxy) is 1. The molecule has 1 aliphatic rings. The molecular weight excluding hydrogens is 212 g/mol. The molecule has 0 saturated carbocycles. The lowest BCUT2D eigenvalue weighted by molar-refractivity contribution is 0.0188. The first kappa shape index (κ1) is 12.6. The third-order valence-corrected chi connectivity index (χ3v) is 3.75. The molecule has 2 heteroatoms. The minimum Gasteiger partial charge on any atom is -0.389 e. The predicted octanol–water partition coefficient (Wildman–Crippen LogP) is 2.78. The minimum atomic E-state index is -0.571. The second-order valence-electron chi connectivity index (χ2n) is 5.29. The van der Waals surface area contributed by atoms with Crippen LogP contribution < -0.4 is 0 Å². The molecule has 1 unspecified atom stereocenters. The van der Waals surface area contributed by atoms with E-state index in [2.05, 4.69) is 32.0 Å². The van der Waals surface area contributed by atoms with Crippen molar-refractivity contribution in [1.29, 1.82) is 0 Å². The quantitative estimate of drug-likeness (QED) is 0.852. The van der Waals surface area contributed by atoms with E-state index in [9.17, 15) is 5.11 Å². The van der Waals surface area contributed by atoms with Crippen LogP contribution >= 0.6 is 0 Å². The van der Waals surface area contributed by atoms with Crippen molar-refractivity contribution >= 4 is 0 Å². The number of benzene rings is 1. The van der Waals surface area contributed by atoms with Crippen molar-refractivity contribution in [2.45, 2.75) is 45.1 Å². The van der Waals surface area contributed by atoms with E-state index in [4.69, 9.17) is 4.74 Å². The van der Waals surface area contributed by atoms with Gasteiger partial charge in [0.15, 0.2) is 0 Å². The Labute approximate surface area is 104 Å². The molecule has 2 rings (SSSR count). The Bertz CT molecular complexity index is 377. The highest BCUT2D eigenvalue weighted by molar-refractivity contribution is 5.30. The zero-order valence-corrected chi connectivity index (χ0v) is 10.8. The Morgan fingerprint density at radius 2 is 2.00 bits per heavy atom. The molecule has 2 nitrogen and oxygen atoms in total. The van der Waals surface area contributed by atoms with Gasteiger partial charge in [0.05, 0.1) is 5.60 Å². The third-order valence-electron chi connectivity index (χ3n) is 3.75. The van der Waals surface area contributed by atoms with E-state index in [0.717, 1.165) is 32.3 Å². The molecule has 17 heavy (non-hydrogen) atoms.